The first-order chi connectivity index (χ1) is 28.3. The van der Waals surface area contributed by atoms with Crippen molar-refractivity contribution in [2.24, 2.45) is 34.8 Å². The van der Waals surface area contributed by atoms with E-state index in [4.69, 9.17) is 22.9 Å². The van der Waals surface area contributed by atoms with Crippen LogP contribution in [0.5, 0.6) is 0 Å². The molecule has 0 aromatic heterocycles. The van der Waals surface area contributed by atoms with E-state index in [9.17, 15) is 63.0 Å². The zero-order chi connectivity index (χ0) is 47.1. The van der Waals surface area contributed by atoms with Gasteiger partial charge in [0, 0.05) is 6.42 Å². The number of nitrogens with two attached hydrogens (primary N) is 4. The van der Waals surface area contributed by atoms with E-state index in [1.54, 1.807) is 27.7 Å². The van der Waals surface area contributed by atoms with Crippen molar-refractivity contribution in [1.82, 2.24) is 37.2 Å². The van der Waals surface area contributed by atoms with Gasteiger partial charge in [-0.05, 0) is 70.8 Å². The highest BCUT2D eigenvalue weighted by Crippen LogP contribution is 2.10. The highest BCUT2D eigenvalue weighted by atomic mass is 16.4. The van der Waals surface area contributed by atoms with Crippen LogP contribution in [0.4, 0.5) is 0 Å². The van der Waals surface area contributed by atoms with E-state index < -0.39 is 139 Å². The Morgan fingerprint density at radius 1 is 0.475 bits per heavy atom. The highest BCUT2D eigenvalue weighted by molar-refractivity contribution is 5.99. The number of carboxylic acids is 2. The van der Waals surface area contributed by atoms with Crippen molar-refractivity contribution in [2.75, 3.05) is 6.54 Å². The third-order valence-electron chi connectivity index (χ3n) is 8.77. The molecule has 61 heavy (non-hydrogen) atoms. The molecule has 0 aromatic carbocycles. The van der Waals surface area contributed by atoms with Crippen molar-refractivity contribution in [1.29, 1.82) is 0 Å². The molecule has 0 aromatic rings. The van der Waals surface area contributed by atoms with Crippen molar-refractivity contribution in [3.63, 3.8) is 0 Å². The molecule has 0 fully saturated rings. The quantitative estimate of drug-likeness (QED) is 0.0304. The second kappa shape index (κ2) is 27.8. The molecule has 0 aliphatic rings. The lowest BCUT2D eigenvalue weighted by molar-refractivity contribution is -0.143. The molecule has 0 saturated carbocycles. The van der Waals surface area contributed by atoms with Crippen molar-refractivity contribution < 1.29 is 63.0 Å². The van der Waals surface area contributed by atoms with E-state index >= 15 is 0 Å². The van der Waals surface area contributed by atoms with Gasteiger partial charge in [0.25, 0.3) is 0 Å². The zero-order valence-electron chi connectivity index (χ0n) is 35.5. The molecule has 0 rings (SSSR count). The molecule has 0 saturated heterocycles. The fourth-order valence-electron chi connectivity index (χ4n) is 5.58. The number of hydrogen-bond donors (Lipinski definition) is 13. The summed E-state index contributed by atoms with van der Waals surface area (Å²) < 4.78 is 0. The molecule has 0 unspecified atom stereocenters. The van der Waals surface area contributed by atoms with Crippen molar-refractivity contribution in [3.8, 4) is 0 Å². The Labute approximate surface area is 353 Å². The van der Waals surface area contributed by atoms with Gasteiger partial charge in [-0.2, -0.15) is 0 Å². The zero-order valence-corrected chi connectivity index (χ0v) is 35.5. The molecule has 346 valence electrons. The molecule has 0 radical (unpaired) electrons. The first-order valence-corrected chi connectivity index (χ1v) is 19.9. The molecule has 0 aliphatic heterocycles. The monoisotopic (exact) mass is 871 g/mol. The van der Waals surface area contributed by atoms with Crippen LogP contribution >= 0.6 is 0 Å². The molecule has 8 atom stereocenters. The van der Waals surface area contributed by atoms with Crippen molar-refractivity contribution >= 4 is 65.1 Å². The van der Waals surface area contributed by atoms with Crippen LogP contribution in [0.15, 0.2) is 0 Å². The van der Waals surface area contributed by atoms with E-state index in [-0.39, 0.29) is 37.6 Å². The minimum Gasteiger partial charge on any atom is -0.481 e. The summed E-state index contributed by atoms with van der Waals surface area (Å²) in [5, 5.41) is 35.3. The summed E-state index contributed by atoms with van der Waals surface area (Å²) in [6.45, 7) is 9.68. The average molecular weight is 872 g/mol. The largest absolute Gasteiger partial charge is 0.481 e. The normalized spacial score (nSPS) is 15.0. The van der Waals surface area contributed by atoms with E-state index in [2.05, 4.69) is 37.2 Å². The number of unbranched alkanes of at least 4 members (excludes halogenated alkanes) is 1. The van der Waals surface area contributed by atoms with Gasteiger partial charge >= 0.3 is 11.9 Å². The predicted molar refractivity (Wildman–Crippen MR) is 217 cm³/mol. The van der Waals surface area contributed by atoms with Crippen LogP contribution in [0, 0.1) is 11.8 Å². The predicted octanol–water partition coefficient (Wildman–Crippen LogP) is -4.33. The Kier molecular flexibility index (Phi) is 25.1. The first-order valence-electron chi connectivity index (χ1n) is 19.9. The molecule has 9 amide bonds. The summed E-state index contributed by atoms with van der Waals surface area (Å²) in [6, 6.07) is -11.5. The molecule has 0 aliphatic carbocycles. The standard InChI is InChI=1S/C37H65N11O13/c1-17(2)13-23(35(58)47-25(16-29(51)52)34(57)42-20(6)31(54)48-26(37(60)61)14-18(3)4)45-33(56)22(10-11-27(40)49)44-36(59)24(15-28(41)50)46-32(55)21(9-7-8-12-38)43-30(53)19(5)39/h17-26H,7-16,38-39H2,1-6H3,(H2,40,49)(H2,41,50)(H,42,57)(H,43,53)(H,44,59)(H,45,56)(H,46,55)(H,47,58)(H,48,54)(H,51,52)(H,60,61)/t19-,20-,21-,22-,23-,24-,25-,26-/m0/s1. The van der Waals surface area contributed by atoms with Crippen LogP contribution in [0.25, 0.3) is 0 Å². The molecular weight excluding hydrogens is 806 g/mol. The second-order valence-corrected chi connectivity index (χ2v) is 15.5. The van der Waals surface area contributed by atoms with Gasteiger partial charge < -0.3 is 70.4 Å². The minimum absolute atomic E-state index is 0.0738. The van der Waals surface area contributed by atoms with Crippen molar-refractivity contribution in [2.45, 2.75) is 148 Å². The van der Waals surface area contributed by atoms with Gasteiger partial charge in [0.1, 0.15) is 42.3 Å². The highest BCUT2D eigenvalue weighted by Gasteiger charge is 2.35. The second-order valence-electron chi connectivity index (χ2n) is 15.5. The van der Waals surface area contributed by atoms with Gasteiger partial charge in [-0.3, -0.25) is 47.9 Å². The van der Waals surface area contributed by atoms with E-state index in [1.807, 2.05) is 0 Å². The number of carbonyl (C=O) groups is 11. The number of carbonyl (C=O) groups excluding carboxylic acids is 9. The SMILES string of the molecule is CC(C)C[C@H](NC(=O)[C@H](C)NC(=O)[C@H](CC(=O)O)NC(=O)[C@H](CC(C)C)NC(=O)[C@H](CCC(N)=O)NC(=O)[C@H](CC(N)=O)NC(=O)[C@H](CCCCN)NC(=O)[C@H](C)N)C(=O)O. The Morgan fingerprint density at radius 3 is 1.34 bits per heavy atom. The summed E-state index contributed by atoms with van der Waals surface area (Å²) in [5.41, 5.74) is 21.8. The van der Waals surface area contributed by atoms with Crippen LogP contribution in [-0.4, -0.2) is 130 Å². The van der Waals surface area contributed by atoms with Crippen LogP contribution in [0.3, 0.4) is 0 Å². The summed E-state index contributed by atoms with van der Waals surface area (Å²) >= 11 is 0. The molecule has 0 spiro atoms. The number of primary amides is 2. The molecule has 17 N–H and O–H groups in total. The molecule has 24 heteroatoms. The third kappa shape index (κ3) is 22.9. The van der Waals surface area contributed by atoms with Crippen molar-refractivity contribution in [3.05, 3.63) is 0 Å². The summed E-state index contributed by atoms with van der Waals surface area (Å²) in [6.07, 6.45) is -1.78. The average Bonchev–Trinajstić information content (AvgIpc) is 3.13. The van der Waals surface area contributed by atoms with Crippen LogP contribution in [0.2, 0.25) is 0 Å². The summed E-state index contributed by atoms with van der Waals surface area (Å²) in [7, 11) is 0. The Bertz CT molecular complexity index is 1570. The number of hydrogen-bond acceptors (Lipinski definition) is 13. The molecule has 24 nitrogen and oxygen atoms in total. The van der Waals surface area contributed by atoms with Crippen LogP contribution in [-0.2, 0) is 52.7 Å². The third-order valence-corrected chi connectivity index (χ3v) is 8.77. The first kappa shape index (κ1) is 55.1. The number of rotatable bonds is 30. The maximum absolute atomic E-state index is 13.7. The fraction of sp³-hybridized carbons (Fsp3) is 0.703. The molecule has 0 bridgehead atoms. The summed E-state index contributed by atoms with van der Waals surface area (Å²) in [4.78, 5) is 140. The molecular formula is C37H65N11O13. The number of carboxylic acid groups (broad SMARTS) is 2. The number of aliphatic carboxylic acids is 2. The number of nitrogens with one attached hydrogen (secondary N) is 7. The maximum Gasteiger partial charge on any atom is 0.326 e. The van der Waals surface area contributed by atoms with Gasteiger partial charge in [0.15, 0.2) is 0 Å². The maximum atomic E-state index is 13.7. The van der Waals surface area contributed by atoms with Gasteiger partial charge in [-0.25, -0.2) is 4.79 Å². The van der Waals surface area contributed by atoms with E-state index in [1.165, 1.54) is 13.8 Å². The fourth-order valence-corrected chi connectivity index (χ4v) is 5.58. The van der Waals surface area contributed by atoms with E-state index in [0.29, 0.717) is 12.8 Å². The van der Waals surface area contributed by atoms with Gasteiger partial charge in [0.05, 0.1) is 18.9 Å². The van der Waals surface area contributed by atoms with Gasteiger partial charge in [-0.15, -0.1) is 0 Å². The Morgan fingerprint density at radius 2 is 0.885 bits per heavy atom. The van der Waals surface area contributed by atoms with E-state index in [0.717, 1.165) is 0 Å². The Balaban J connectivity index is 6.40. The Hall–Kier alpha value is -5.91. The van der Waals surface area contributed by atoms with Gasteiger partial charge in [0.2, 0.25) is 53.2 Å². The summed E-state index contributed by atoms with van der Waals surface area (Å²) in [5.74, 6) is -12.1. The smallest absolute Gasteiger partial charge is 0.326 e. The van der Waals surface area contributed by atoms with Gasteiger partial charge in [-0.1, -0.05) is 27.7 Å². The van der Waals surface area contributed by atoms with Crippen LogP contribution in [0.1, 0.15) is 99.3 Å². The lowest BCUT2D eigenvalue weighted by Crippen LogP contribution is -2.60. The minimum atomic E-state index is -1.81. The lowest BCUT2D eigenvalue weighted by Gasteiger charge is -2.27. The number of amides is 9. The molecule has 0 heterocycles. The van der Waals surface area contributed by atoms with Crippen LogP contribution < -0.4 is 60.2 Å². The lowest BCUT2D eigenvalue weighted by atomic mass is 10.0. The topological polar surface area (TPSA) is 417 Å².